The molecular formula is C39H74N2O11. The van der Waals surface area contributed by atoms with Gasteiger partial charge in [0.15, 0.2) is 12.6 Å². The number of ketones is 1. The van der Waals surface area contributed by atoms with Gasteiger partial charge in [-0.15, -0.1) is 0 Å². The van der Waals surface area contributed by atoms with Crippen molar-refractivity contribution in [1.29, 1.82) is 0 Å². The molecular weight excluding hydrogens is 672 g/mol. The molecule has 18 atom stereocenters. The molecule has 0 saturated carbocycles. The number of hydrogen-bond acceptors (Lipinski definition) is 13. The van der Waals surface area contributed by atoms with Crippen molar-refractivity contribution in [1.82, 2.24) is 9.80 Å². The highest BCUT2D eigenvalue weighted by Gasteiger charge is 2.52. The predicted octanol–water partition coefficient (Wildman–Crippen LogP) is 2.56. The summed E-state index contributed by atoms with van der Waals surface area (Å²) in [5, 5.41) is 58.4. The lowest BCUT2D eigenvalue weighted by Crippen LogP contribution is -2.60. The fourth-order valence-corrected chi connectivity index (χ4v) is 9.17. The molecule has 3 rings (SSSR count). The Morgan fingerprint density at radius 1 is 0.942 bits per heavy atom. The van der Waals surface area contributed by atoms with E-state index >= 15 is 0 Å². The molecule has 0 aromatic heterocycles. The molecule has 0 aliphatic carbocycles. The van der Waals surface area contributed by atoms with E-state index in [4.69, 9.17) is 23.7 Å². The summed E-state index contributed by atoms with van der Waals surface area (Å²) in [4.78, 5) is 18.3. The van der Waals surface area contributed by atoms with E-state index in [1.807, 2.05) is 65.6 Å². The van der Waals surface area contributed by atoms with E-state index in [0.717, 1.165) is 0 Å². The van der Waals surface area contributed by atoms with E-state index in [2.05, 4.69) is 0 Å². The summed E-state index contributed by atoms with van der Waals surface area (Å²) in [6.07, 6.45) is -6.35. The van der Waals surface area contributed by atoms with Crippen LogP contribution in [-0.4, -0.2) is 160 Å². The molecule has 5 N–H and O–H groups in total. The van der Waals surface area contributed by atoms with Crippen LogP contribution in [-0.2, 0) is 28.5 Å². The molecule has 0 aromatic carbocycles. The minimum atomic E-state index is -1.58. The SMILES string of the molecule is CC[C@H]1CC(=O)[C@H](C)[C@@H](OC2CC(C)(OC)C(O)C(C)O2)[C@H](C)[C@@H](OC2OC(C)CC(N(C)C)C2O)[C@](C)(O)C[C@@H](C)CN(C)C(C)[C@@H](O)C1(C)O. The Morgan fingerprint density at radius 3 is 2.12 bits per heavy atom. The monoisotopic (exact) mass is 747 g/mol. The van der Waals surface area contributed by atoms with Crippen molar-refractivity contribution in [2.24, 2.45) is 23.7 Å². The van der Waals surface area contributed by atoms with Crippen LogP contribution >= 0.6 is 0 Å². The molecule has 0 spiro atoms. The van der Waals surface area contributed by atoms with Crippen LogP contribution in [0.2, 0.25) is 0 Å². The van der Waals surface area contributed by atoms with E-state index in [9.17, 15) is 30.3 Å². The highest BCUT2D eigenvalue weighted by molar-refractivity contribution is 5.81. The average Bonchev–Trinajstić information content (AvgIpc) is 3.05. The second kappa shape index (κ2) is 18.0. The number of Topliss-reactive ketones (excluding diaryl/α,β-unsaturated/α-hetero) is 1. The van der Waals surface area contributed by atoms with Crippen molar-refractivity contribution in [3.63, 3.8) is 0 Å². The number of carbonyl (C=O) groups excluding carboxylic acids is 1. The largest absolute Gasteiger partial charge is 0.388 e. The Balaban J connectivity index is 2.17. The van der Waals surface area contributed by atoms with E-state index in [1.54, 1.807) is 34.6 Å². The number of ether oxygens (including phenoxy) is 5. The van der Waals surface area contributed by atoms with E-state index in [-0.39, 0.29) is 43.1 Å². The summed E-state index contributed by atoms with van der Waals surface area (Å²) < 4.78 is 31.7. The minimum Gasteiger partial charge on any atom is -0.388 e. The molecule has 0 radical (unpaired) electrons. The highest BCUT2D eigenvalue weighted by atomic mass is 16.7. The number of likely N-dealkylation sites (N-methyl/N-ethyl adjacent to an activating group) is 2. The first kappa shape index (κ1) is 45.6. The molecule has 52 heavy (non-hydrogen) atoms. The zero-order valence-electron chi connectivity index (χ0n) is 34.5. The number of aliphatic hydroxyl groups is 5. The molecule has 10 unspecified atom stereocenters. The van der Waals surface area contributed by atoms with Crippen LogP contribution in [0.15, 0.2) is 0 Å². The van der Waals surface area contributed by atoms with Gasteiger partial charge in [0.2, 0.25) is 0 Å². The zero-order chi connectivity index (χ0) is 39.7. The van der Waals surface area contributed by atoms with Crippen LogP contribution in [0.25, 0.3) is 0 Å². The number of rotatable bonds is 7. The molecule has 13 heteroatoms. The molecule has 3 saturated heterocycles. The first-order chi connectivity index (χ1) is 23.9. The lowest BCUT2D eigenvalue weighted by atomic mass is 9.74. The fraction of sp³-hybridized carbons (Fsp3) is 0.974. The average molecular weight is 747 g/mol. The Morgan fingerprint density at radius 2 is 1.56 bits per heavy atom. The Labute approximate surface area is 313 Å². The highest BCUT2D eigenvalue weighted by Crippen LogP contribution is 2.41. The van der Waals surface area contributed by atoms with Gasteiger partial charge in [0.25, 0.3) is 0 Å². The maximum absolute atomic E-state index is 14.4. The number of nitrogens with zero attached hydrogens (tertiary/aromatic N) is 2. The molecule has 13 nitrogen and oxygen atoms in total. The van der Waals surface area contributed by atoms with Gasteiger partial charge in [-0.3, -0.25) is 4.79 Å². The van der Waals surface area contributed by atoms with Gasteiger partial charge in [-0.2, -0.15) is 0 Å². The second-order valence-corrected chi connectivity index (χ2v) is 17.6. The maximum Gasteiger partial charge on any atom is 0.185 e. The van der Waals surface area contributed by atoms with Gasteiger partial charge in [0.05, 0.1) is 47.3 Å². The fourth-order valence-electron chi connectivity index (χ4n) is 9.17. The molecule has 0 aromatic rings. The van der Waals surface area contributed by atoms with Gasteiger partial charge in [0, 0.05) is 50.4 Å². The number of methoxy groups -OCH3 is 1. The first-order valence-corrected chi connectivity index (χ1v) is 19.5. The molecule has 0 amide bonds. The van der Waals surface area contributed by atoms with Crippen LogP contribution < -0.4 is 0 Å². The normalized spacial score (nSPS) is 49.8. The lowest BCUT2D eigenvalue weighted by Gasteiger charge is -2.49. The van der Waals surface area contributed by atoms with Crippen LogP contribution in [0.3, 0.4) is 0 Å². The van der Waals surface area contributed by atoms with Crippen molar-refractivity contribution in [2.75, 3.05) is 34.8 Å². The summed E-state index contributed by atoms with van der Waals surface area (Å²) in [7, 11) is 7.21. The second-order valence-electron chi connectivity index (χ2n) is 17.6. The smallest absolute Gasteiger partial charge is 0.185 e. The first-order valence-electron chi connectivity index (χ1n) is 19.5. The van der Waals surface area contributed by atoms with Crippen LogP contribution in [0.4, 0.5) is 0 Å². The summed E-state index contributed by atoms with van der Waals surface area (Å²) >= 11 is 0. The number of carbonyl (C=O) groups is 1. The van der Waals surface area contributed by atoms with E-state index in [0.29, 0.717) is 19.4 Å². The Hall–Kier alpha value is -0.810. The minimum absolute atomic E-state index is 0.0219. The summed E-state index contributed by atoms with van der Waals surface area (Å²) in [5.41, 5.74) is -4.08. The topological polar surface area (TPSA) is 171 Å². The number of aliphatic hydroxyl groups excluding tert-OH is 3. The van der Waals surface area contributed by atoms with Crippen molar-refractivity contribution < 1.29 is 54.0 Å². The Bertz CT molecular complexity index is 1140. The Kier molecular flexibility index (Phi) is 15.8. The van der Waals surface area contributed by atoms with Gasteiger partial charge in [-0.25, -0.2) is 0 Å². The maximum atomic E-state index is 14.4. The van der Waals surface area contributed by atoms with E-state index < -0.39 is 89.8 Å². The predicted molar refractivity (Wildman–Crippen MR) is 197 cm³/mol. The summed E-state index contributed by atoms with van der Waals surface area (Å²) in [5.74, 6) is -2.31. The third-order valence-corrected chi connectivity index (χ3v) is 12.8. The van der Waals surface area contributed by atoms with Crippen LogP contribution in [0.5, 0.6) is 0 Å². The standard InChI is InChI=1S/C39H74N2O11/c1-15-27-17-29(42)23(4)32(51-30-19-38(9,48-14)34(45)26(7)50-30)24(5)35(52-36-31(43)28(40(11)12)16-22(3)49-36)37(8,46)18-21(2)20-41(13)25(6)33(44)39(27,10)47/h21-28,30-36,43-47H,15-20H2,1-14H3/t21-,22?,23+,24+,25?,26?,27+,28?,30?,31?,32-,33-,34?,35-,36?,37-,38?,39?/m1/s1. The molecule has 306 valence electrons. The summed E-state index contributed by atoms with van der Waals surface area (Å²) in [6, 6.07) is -0.708. The summed E-state index contributed by atoms with van der Waals surface area (Å²) in [6.45, 7) is 18.7. The van der Waals surface area contributed by atoms with Gasteiger partial charge < -0.3 is 59.0 Å². The van der Waals surface area contributed by atoms with Crippen molar-refractivity contribution in [3.05, 3.63) is 0 Å². The van der Waals surface area contributed by atoms with E-state index in [1.165, 1.54) is 7.11 Å². The molecule has 3 fully saturated rings. The number of hydrogen-bond donors (Lipinski definition) is 5. The quantitative estimate of drug-likeness (QED) is 0.258. The van der Waals surface area contributed by atoms with Gasteiger partial charge in [-0.05, 0) is 87.4 Å². The van der Waals surface area contributed by atoms with Crippen LogP contribution in [0.1, 0.15) is 101 Å². The van der Waals surface area contributed by atoms with Crippen molar-refractivity contribution in [3.8, 4) is 0 Å². The molecule has 0 bridgehead atoms. The third kappa shape index (κ3) is 10.1. The molecule has 3 aliphatic rings. The van der Waals surface area contributed by atoms with Gasteiger partial charge >= 0.3 is 0 Å². The van der Waals surface area contributed by atoms with Crippen LogP contribution in [0, 0.1) is 23.7 Å². The van der Waals surface area contributed by atoms with Gasteiger partial charge in [-0.1, -0.05) is 34.1 Å². The lowest BCUT2D eigenvalue weighted by molar-refractivity contribution is -0.317. The van der Waals surface area contributed by atoms with Crippen molar-refractivity contribution in [2.45, 2.75) is 186 Å². The third-order valence-electron chi connectivity index (χ3n) is 12.8. The van der Waals surface area contributed by atoms with Crippen molar-refractivity contribution >= 4 is 5.78 Å². The molecule has 3 aliphatic heterocycles. The van der Waals surface area contributed by atoms with Gasteiger partial charge in [0.1, 0.15) is 18.0 Å². The molecule has 3 heterocycles. The zero-order valence-corrected chi connectivity index (χ0v) is 34.5.